The van der Waals surface area contributed by atoms with Gasteiger partial charge in [0.25, 0.3) is 0 Å². The van der Waals surface area contributed by atoms with Gasteiger partial charge in [0.2, 0.25) is 0 Å². The highest BCUT2D eigenvalue weighted by molar-refractivity contribution is 5.39. The van der Waals surface area contributed by atoms with Crippen LogP contribution < -0.4 is 5.73 Å². The Hall–Kier alpha value is -1.10. The minimum Gasteiger partial charge on any atom is -0.399 e. The molecule has 0 aliphatic carbocycles. The van der Waals surface area contributed by atoms with Gasteiger partial charge in [0.05, 0.1) is 6.10 Å². The first-order valence-corrected chi connectivity index (χ1v) is 7.45. The highest BCUT2D eigenvalue weighted by Crippen LogP contribution is 2.21. The van der Waals surface area contributed by atoms with E-state index in [0.29, 0.717) is 0 Å². The lowest BCUT2D eigenvalue weighted by Gasteiger charge is -2.34. The first-order chi connectivity index (χ1) is 9.54. The third kappa shape index (κ3) is 4.47. The Morgan fingerprint density at radius 2 is 1.85 bits per heavy atom. The first-order valence-electron chi connectivity index (χ1n) is 7.45. The predicted molar refractivity (Wildman–Crippen MR) is 83.5 cm³/mol. The average molecular weight is 277 g/mol. The number of aliphatic hydroxyl groups excluding tert-OH is 1. The molecule has 0 saturated carbocycles. The molecule has 0 bridgehead atoms. The summed E-state index contributed by atoms with van der Waals surface area (Å²) in [5, 5.41) is 10.3. The Morgan fingerprint density at radius 3 is 2.40 bits per heavy atom. The number of piperidine rings is 1. The van der Waals surface area contributed by atoms with Crippen molar-refractivity contribution >= 4 is 5.69 Å². The molecule has 1 aliphatic rings. The zero-order valence-electron chi connectivity index (χ0n) is 12.6. The van der Waals surface area contributed by atoms with Crippen LogP contribution in [0.2, 0.25) is 0 Å². The van der Waals surface area contributed by atoms with Crippen LogP contribution in [0, 0.1) is 5.92 Å². The number of β-amino-alcohol motifs (C(OH)–C–C–N with tert-alkyl or cyclic N) is 1. The number of likely N-dealkylation sites (tertiary alicyclic amines) is 1. The third-order valence-electron chi connectivity index (χ3n) is 4.08. The highest BCUT2D eigenvalue weighted by atomic mass is 16.3. The van der Waals surface area contributed by atoms with Crippen molar-refractivity contribution < 1.29 is 5.11 Å². The second-order valence-corrected chi connectivity index (χ2v) is 6.19. The number of benzene rings is 1. The van der Waals surface area contributed by atoms with Gasteiger partial charge in [0.1, 0.15) is 0 Å². The zero-order valence-corrected chi connectivity index (χ0v) is 12.6. The van der Waals surface area contributed by atoms with E-state index in [4.69, 9.17) is 5.73 Å². The minimum absolute atomic E-state index is 0.416. The number of nitrogens with two attached hydrogens (primary N) is 1. The Balaban J connectivity index is 1.79. The standard InChI is InChI=1S/C16H27N3O/c1-18(2)11-13-7-9-19(10-8-13)12-16(20)14-3-5-15(17)6-4-14/h3-6,13,16,20H,7-12,17H2,1-2H3. The Bertz CT molecular complexity index is 397. The van der Waals surface area contributed by atoms with E-state index in [1.165, 1.54) is 19.4 Å². The minimum atomic E-state index is -0.416. The maximum Gasteiger partial charge on any atom is 0.0916 e. The van der Waals surface area contributed by atoms with Gasteiger partial charge in [-0.3, -0.25) is 0 Å². The van der Waals surface area contributed by atoms with Crippen LogP contribution in [0.1, 0.15) is 24.5 Å². The van der Waals surface area contributed by atoms with E-state index in [2.05, 4.69) is 23.9 Å². The predicted octanol–water partition coefficient (Wildman–Crippen LogP) is 1.58. The average Bonchev–Trinajstić information content (AvgIpc) is 2.41. The molecule has 1 fully saturated rings. The molecule has 112 valence electrons. The van der Waals surface area contributed by atoms with Gasteiger partial charge >= 0.3 is 0 Å². The fourth-order valence-corrected chi connectivity index (χ4v) is 2.94. The zero-order chi connectivity index (χ0) is 14.5. The summed E-state index contributed by atoms with van der Waals surface area (Å²) in [5.41, 5.74) is 7.36. The normalized spacial score (nSPS) is 19.4. The molecule has 0 aromatic heterocycles. The fourth-order valence-electron chi connectivity index (χ4n) is 2.94. The van der Waals surface area contributed by atoms with Crippen LogP contribution in [0.15, 0.2) is 24.3 Å². The van der Waals surface area contributed by atoms with Crippen molar-refractivity contribution in [3.63, 3.8) is 0 Å². The Labute approximate surface area is 122 Å². The van der Waals surface area contributed by atoms with Gasteiger partial charge in [-0.25, -0.2) is 0 Å². The quantitative estimate of drug-likeness (QED) is 0.802. The van der Waals surface area contributed by atoms with E-state index >= 15 is 0 Å². The molecule has 1 atom stereocenters. The monoisotopic (exact) mass is 277 g/mol. The maximum atomic E-state index is 10.3. The van der Waals surface area contributed by atoms with Crippen molar-refractivity contribution in [2.24, 2.45) is 5.92 Å². The van der Waals surface area contributed by atoms with Gasteiger partial charge in [-0.15, -0.1) is 0 Å². The third-order valence-corrected chi connectivity index (χ3v) is 4.08. The molecule has 1 heterocycles. The molecule has 4 heteroatoms. The molecule has 0 radical (unpaired) electrons. The summed E-state index contributed by atoms with van der Waals surface area (Å²) in [5.74, 6) is 0.801. The molecule has 1 aliphatic heterocycles. The van der Waals surface area contributed by atoms with Crippen LogP contribution in [0.5, 0.6) is 0 Å². The van der Waals surface area contributed by atoms with Crippen molar-refractivity contribution in [2.45, 2.75) is 18.9 Å². The molecule has 20 heavy (non-hydrogen) atoms. The lowest BCUT2D eigenvalue weighted by molar-refractivity contribution is 0.0847. The first kappa shape index (κ1) is 15.3. The van der Waals surface area contributed by atoms with E-state index in [-0.39, 0.29) is 0 Å². The van der Waals surface area contributed by atoms with Gasteiger partial charge in [-0.2, -0.15) is 0 Å². The summed E-state index contributed by atoms with van der Waals surface area (Å²) in [6.45, 7) is 4.07. The van der Waals surface area contributed by atoms with Crippen LogP contribution in [0.4, 0.5) is 5.69 Å². The summed E-state index contributed by atoms with van der Waals surface area (Å²) in [6, 6.07) is 7.53. The highest BCUT2D eigenvalue weighted by Gasteiger charge is 2.21. The van der Waals surface area contributed by atoms with Crippen LogP contribution in [0.25, 0.3) is 0 Å². The molecule has 0 amide bonds. The summed E-state index contributed by atoms with van der Waals surface area (Å²) in [4.78, 5) is 4.64. The van der Waals surface area contributed by atoms with Gasteiger partial charge in [-0.1, -0.05) is 12.1 Å². The summed E-state index contributed by atoms with van der Waals surface area (Å²) in [6.07, 6.45) is 2.04. The van der Waals surface area contributed by atoms with Crippen LogP contribution >= 0.6 is 0 Å². The summed E-state index contributed by atoms with van der Waals surface area (Å²) >= 11 is 0. The van der Waals surface area contributed by atoms with Gasteiger partial charge in [0.15, 0.2) is 0 Å². The number of anilines is 1. The topological polar surface area (TPSA) is 52.7 Å². The number of nitrogen functional groups attached to an aromatic ring is 1. The smallest absolute Gasteiger partial charge is 0.0916 e. The molecule has 3 N–H and O–H groups in total. The van der Waals surface area contributed by atoms with E-state index in [0.717, 1.165) is 36.8 Å². The fraction of sp³-hybridized carbons (Fsp3) is 0.625. The molecule has 1 unspecified atom stereocenters. The summed E-state index contributed by atoms with van der Waals surface area (Å²) in [7, 11) is 4.27. The van der Waals surface area contributed by atoms with Gasteiger partial charge in [-0.05, 0) is 63.6 Å². The molecule has 0 spiro atoms. The van der Waals surface area contributed by atoms with E-state index in [9.17, 15) is 5.11 Å². The van der Waals surface area contributed by atoms with Crippen LogP contribution in [-0.4, -0.2) is 55.2 Å². The Morgan fingerprint density at radius 1 is 1.25 bits per heavy atom. The van der Waals surface area contributed by atoms with Crippen LogP contribution in [0.3, 0.4) is 0 Å². The Kier molecular flexibility index (Phi) is 5.40. The van der Waals surface area contributed by atoms with Crippen molar-refractivity contribution in [3.05, 3.63) is 29.8 Å². The second-order valence-electron chi connectivity index (χ2n) is 6.19. The maximum absolute atomic E-state index is 10.3. The lowest BCUT2D eigenvalue weighted by atomic mass is 9.96. The van der Waals surface area contributed by atoms with E-state index in [1.54, 1.807) is 0 Å². The number of hydrogen-bond donors (Lipinski definition) is 2. The molecule has 4 nitrogen and oxygen atoms in total. The van der Waals surface area contributed by atoms with Crippen molar-refractivity contribution in [2.75, 3.05) is 46.0 Å². The van der Waals surface area contributed by atoms with E-state index in [1.807, 2.05) is 24.3 Å². The molecule has 1 aromatic rings. The van der Waals surface area contributed by atoms with Crippen molar-refractivity contribution in [3.8, 4) is 0 Å². The number of aliphatic hydroxyl groups is 1. The molecule has 2 rings (SSSR count). The second kappa shape index (κ2) is 7.07. The SMILES string of the molecule is CN(C)CC1CCN(CC(O)c2ccc(N)cc2)CC1. The van der Waals surface area contributed by atoms with Gasteiger partial charge < -0.3 is 20.6 Å². The van der Waals surface area contributed by atoms with Crippen molar-refractivity contribution in [1.29, 1.82) is 0 Å². The molecule has 1 aromatic carbocycles. The molecular weight excluding hydrogens is 250 g/mol. The van der Waals surface area contributed by atoms with Crippen molar-refractivity contribution in [1.82, 2.24) is 9.80 Å². The van der Waals surface area contributed by atoms with E-state index < -0.39 is 6.10 Å². The van der Waals surface area contributed by atoms with Crippen LogP contribution in [-0.2, 0) is 0 Å². The molecule has 1 saturated heterocycles. The summed E-state index contributed by atoms with van der Waals surface area (Å²) < 4.78 is 0. The number of hydrogen-bond acceptors (Lipinski definition) is 4. The largest absolute Gasteiger partial charge is 0.399 e. The van der Waals surface area contributed by atoms with Gasteiger partial charge in [0, 0.05) is 18.8 Å². The number of rotatable bonds is 5. The lowest BCUT2D eigenvalue weighted by Crippen LogP contribution is -2.39. The number of nitrogens with zero attached hydrogens (tertiary/aromatic N) is 2. The molecular formula is C16H27N3O.